The third-order valence-electron chi connectivity index (χ3n) is 2.20. The Hall–Kier alpha value is -1.66. The lowest BCUT2D eigenvalue weighted by molar-refractivity contribution is -0.131. The smallest absolute Gasteiger partial charge is 0.328 e. The zero-order valence-electron chi connectivity index (χ0n) is 9.12. The minimum Gasteiger partial charge on any atom is -0.478 e. The molecule has 0 atom stereocenters. The standard InChI is InChI=1S/C11H12O5S/c1-2-8(7-11(12)13)9-3-5-10(6-4-9)17(14,15)16/h3-7H,2H2,1H3,(H,12,13)(H,14,15,16)/b8-7-. The first-order valence-electron chi connectivity index (χ1n) is 4.86. The molecule has 2 N–H and O–H groups in total. The SMILES string of the molecule is CC/C(=C/C(=O)O)c1ccc(S(=O)(=O)O)cc1. The van der Waals surface area contributed by atoms with Crippen molar-refractivity contribution < 1.29 is 22.9 Å². The normalized spacial score (nSPS) is 12.5. The van der Waals surface area contributed by atoms with Gasteiger partial charge in [0.25, 0.3) is 10.1 Å². The summed E-state index contributed by atoms with van der Waals surface area (Å²) in [5, 5.41) is 8.65. The van der Waals surface area contributed by atoms with Crippen LogP contribution in [-0.2, 0) is 14.9 Å². The molecule has 5 nitrogen and oxygen atoms in total. The van der Waals surface area contributed by atoms with Crippen molar-refractivity contribution in [2.75, 3.05) is 0 Å². The van der Waals surface area contributed by atoms with Crippen LogP contribution in [0.25, 0.3) is 5.57 Å². The Morgan fingerprint density at radius 1 is 1.29 bits per heavy atom. The molecule has 6 heteroatoms. The highest BCUT2D eigenvalue weighted by Gasteiger charge is 2.09. The first-order chi connectivity index (χ1) is 7.84. The number of allylic oxidation sites excluding steroid dienone is 1. The number of aliphatic carboxylic acids is 1. The van der Waals surface area contributed by atoms with Crippen LogP contribution in [0.3, 0.4) is 0 Å². The first-order valence-corrected chi connectivity index (χ1v) is 6.30. The maximum absolute atomic E-state index is 10.8. The fourth-order valence-corrected chi connectivity index (χ4v) is 1.86. The van der Waals surface area contributed by atoms with Crippen LogP contribution in [0, 0.1) is 0 Å². The predicted octanol–water partition coefficient (Wildman–Crippen LogP) is 1.81. The van der Waals surface area contributed by atoms with Gasteiger partial charge in [-0.25, -0.2) is 4.79 Å². The van der Waals surface area contributed by atoms with E-state index in [0.717, 1.165) is 6.08 Å². The minimum absolute atomic E-state index is 0.216. The molecule has 0 heterocycles. The van der Waals surface area contributed by atoms with Crippen LogP contribution < -0.4 is 0 Å². The van der Waals surface area contributed by atoms with E-state index in [2.05, 4.69) is 0 Å². The molecule has 0 aliphatic rings. The Morgan fingerprint density at radius 3 is 2.18 bits per heavy atom. The number of rotatable bonds is 4. The zero-order chi connectivity index (χ0) is 13.1. The second kappa shape index (κ2) is 5.11. The third kappa shape index (κ3) is 3.69. The van der Waals surface area contributed by atoms with Crippen molar-refractivity contribution in [3.63, 3.8) is 0 Å². The van der Waals surface area contributed by atoms with Gasteiger partial charge < -0.3 is 5.11 Å². The van der Waals surface area contributed by atoms with E-state index < -0.39 is 16.1 Å². The molecule has 0 unspecified atom stereocenters. The number of benzene rings is 1. The molecule has 0 radical (unpaired) electrons. The number of carboxylic acid groups (broad SMARTS) is 1. The van der Waals surface area contributed by atoms with Gasteiger partial charge in [0, 0.05) is 6.08 Å². The molecule has 17 heavy (non-hydrogen) atoms. The van der Waals surface area contributed by atoms with Gasteiger partial charge in [-0.15, -0.1) is 0 Å². The van der Waals surface area contributed by atoms with Crippen molar-refractivity contribution in [1.29, 1.82) is 0 Å². The Bertz CT molecular complexity index is 540. The fourth-order valence-electron chi connectivity index (χ4n) is 1.38. The second-order valence-electron chi connectivity index (χ2n) is 3.36. The largest absolute Gasteiger partial charge is 0.478 e. The van der Waals surface area contributed by atoms with Crippen LogP contribution in [0.2, 0.25) is 0 Å². The maximum atomic E-state index is 10.8. The molecule has 0 aliphatic heterocycles. The van der Waals surface area contributed by atoms with Gasteiger partial charge in [0.2, 0.25) is 0 Å². The quantitative estimate of drug-likeness (QED) is 0.633. The highest BCUT2D eigenvalue weighted by molar-refractivity contribution is 7.85. The van der Waals surface area contributed by atoms with Crippen LogP contribution >= 0.6 is 0 Å². The van der Waals surface area contributed by atoms with Crippen molar-refractivity contribution in [2.45, 2.75) is 18.2 Å². The van der Waals surface area contributed by atoms with E-state index in [9.17, 15) is 13.2 Å². The monoisotopic (exact) mass is 256 g/mol. The van der Waals surface area contributed by atoms with Gasteiger partial charge in [0.05, 0.1) is 4.90 Å². The van der Waals surface area contributed by atoms with Gasteiger partial charge in [-0.3, -0.25) is 4.55 Å². The van der Waals surface area contributed by atoms with Crippen molar-refractivity contribution >= 4 is 21.7 Å². The number of hydrogen-bond acceptors (Lipinski definition) is 3. The molecule has 0 bridgehead atoms. The molecule has 0 fully saturated rings. The topological polar surface area (TPSA) is 91.7 Å². The molecule has 0 aromatic heterocycles. The van der Waals surface area contributed by atoms with Crippen LogP contribution in [0.1, 0.15) is 18.9 Å². The van der Waals surface area contributed by atoms with E-state index in [1.165, 1.54) is 24.3 Å². The van der Waals surface area contributed by atoms with E-state index in [0.29, 0.717) is 17.6 Å². The average Bonchev–Trinajstić information content (AvgIpc) is 2.24. The molecule has 0 aliphatic carbocycles. The molecule has 1 aromatic carbocycles. The molecule has 0 saturated carbocycles. The number of hydrogen-bond donors (Lipinski definition) is 2. The summed E-state index contributed by atoms with van der Waals surface area (Å²) in [6.07, 6.45) is 1.58. The van der Waals surface area contributed by atoms with Gasteiger partial charge in [-0.1, -0.05) is 19.1 Å². The maximum Gasteiger partial charge on any atom is 0.328 e. The lowest BCUT2D eigenvalue weighted by Crippen LogP contribution is -1.98. The molecule has 1 rings (SSSR count). The lowest BCUT2D eigenvalue weighted by Gasteiger charge is -2.04. The van der Waals surface area contributed by atoms with Crippen LogP contribution in [-0.4, -0.2) is 24.0 Å². The van der Waals surface area contributed by atoms with Crippen molar-refractivity contribution in [3.8, 4) is 0 Å². The average molecular weight is 256 g/mol. The molecule has 1 aromatic rings. The highest BCUT2D eigenvalue weighted by atomic mass is 32.2. The van der Waals surface area contributed by atoms with Gasteiger partial charge in [0.1, 0.15) is 0 Å². The molecular weight excluding hydrogens is 244 g/mol. The summed E-state index contributed by atoms with van der Waals surface area (Å²) in [6, 6.07) is 5.38. The van der Waals surface area contributed by atoms with E-state index in [-0.39, 0.29) is 4.90 Å². The fraction of sp³-hybridized carbons (Fsp3) is 0.182. The van der Waals surface area contributed by atoms with Crippen LogP contribution in [0.4, 0.5) is 0 Å². The van der Waals surface area contributed by atoms with E-state index in [1.807, 2.05) is 0 Å². The van der Waals surface area contributed by atoms with E-state index in [1.54, 1.807) is 6.92 Å². The van der Waals surface area contributed by atoms with Gasteiger partial charge in [-0.2, -0.15) is 8.42 Å². The zero-order valence-corrected chi connectivity index (χ0v) is 9.94. The summed E-state index contributed by atoms with van der Waals surface area (Å²) < 4.78 is 30.4. The Labute approximate surface area is 99.2 Å². The predicted molar refractivity (Wildman–Crippen MR) is 62.2 cm³/mol. The summed E-state index contributed by atoms with van der Waals surface area (Å²) in [5.41, 5.74) is 1.20. The van der Waals surface area contributed by atoms with Crippen molar-refractivity contribution in [3.05, 3.63) is 35.9 Å². The Morgan fingerprint density at radius 2 is 1.82 bits per heavy atom. The van der Waals surface area contributed by atoms with E-state index in [4.69, 9.17) is 9.66 Å². The number of carboxylic acids is 1. The second-order valence-corrected chi connectivity index (χ2v) is 4.78. The number of carbonyl (C=O) groups is 1. The Kier molecular flexibility index (Phi) is 4.03. The highest BCUT2D eigenvalue weighted by Crippen LogP contribution is 2.19. The summed E-state index contributed by atoms with van der Waals surface area (Å²) >= 11 is 0. The van der Waals surface area contributed by atoms with Gasteiger partial charge in [0.15, 0.2) is 0 Å². The molecule has 92 valence electrons. The Balaban J connectivity index is 3.14. The summed E-state index contributed by atoms with van der Waals surface area (Å²) in [4.78, 5) is 10.3. The van der Waals surface area contributed by atoms with E-state index >= 15 is 0 Å². The molecular formula is C11H12O5S. The van der Waals surface area contributed by atoms with Gasteiger partial charge >= 0.3 is 5.97 Å². The van der Waals surface area contributed by atoms with Crippen molar-refractivity contribution in [1.82, 2.24) is 0 Å². The first kappa shape index (κ1) is 13.4. The van der Waals surface area contributed by atoms with Crippen LogP contribution in [0.5, 0.6) is 0 Å². The third-order valence-corrected chi connectivity index (χ3v) is 3.07. The summed E-state index contributed by atoms with van der Waals surface area (Å²) in [5.74, 6) is -1.05. The lowest BCUT2D eigenvalue weighted by atomic mass is 10.0. The molecule has 0 amide bonds. The minimum atomic E-state index is -4.21. The van der Waals surface area contributed by atoms with Gasteiger partial charge in [-0.05, 0) is 29.7 Å². The molecule has 0 saturated heterocycles. The van der Waals surface area contributed by atoms with Crippen molar-refractivity contribution in [2.24, 2.45) is 0 Å². The summed E-state index contributed by atoms with van der Waals surface area (Å²) in [6.45, 7) is 1.80. The molecule has 0 spiro atoms. The summed E-state index contributed by atoms with van der Waals surface area (Å²) in [7, 11) is -4.21. The van der Waals surface area contributed by atoms with Crippen LogP contribution in [0.15, 0.2) is 35.2 Å².